The minimum absolute atomic E-state index is 0.116. The van der Waals surface area contributed by atoms with Gasteiger partial charge in [-0.2, -0.15) is 0 Å². The molecule has 0 aliphatic carbocycles. The van der Waals surface area contributed by atoms with Gasteiger partial charge in [-0.05, 0) is 26.2 Å². The van der Waals surface area contributed by atoms with Crippen molar-refractivity contribution in [2.24, 2.45) is 5.92 Å². The number of amides is 1. The fraction of sp³-hybridized carbons (Fsp3) is 0.833. The van der Waals surface area contributed by atoms with E-state index in [-0.39, 0.29) is 17.8 Å². The van der Waals surface area contributed by atoms with E-state index in [1.54, 1.807) is 11.8 Å². The Morgan fingerprint density at radius 2 is 2.12 bits per heavy atom. The maximum absolute atomic E-state index is 11.7. The zero-order valence-electron chi connectivity index (χ0n) is 10.2. The molecule has 1 fully saturated rings. The van der Waals surface area contributed by atoms with Crippen LogP contribution < -0.4 is 0 Å². The first-order valence-electron chi connectivity index (χ1n) is 6.13. The van der Waals surface area contributed by atoms with Crippen molar-refractivity contribution >= 4 is 11.9 Å². The number of esters is 1. The fourth-order valence-electron chi connectivity index (χ4n) is 2.03. The summed E-state index contributed by atoms with van der Waals surface area (Å²) in [5.41, 5.74) is 0. The van der Waals surface area contributed by atoms with E-state index in [1.165, 1.54) is 0 Å². The van der Waals surface area contributed by atoms with Gasteiger partial charge in [0, 0.05) is 19.5 Å². The Balaban J connectivity index is 2.46. The number of carbonyl (C=O) groups excluding carboxylic acids is 2. The van der Waals surface area contributed by atoms with Crippen molar-refractivity contribution in [3.63, 3.8) is 0 Å². The minimum Gasteiger partial charge on any atom is -0.466 e. The predicted octanol–water partition coefficient (Wildman–Crippen LogP) is 1.59. The van der Waals surface area contributed by atoms with Crippen molar-refractivity contribution in [3.05, 3.63) is 0 Å². The molecule has 0 aromatic rings. The molecule has 1 saturated heterocycles. The van der Waals surface area contributed by atoms with Gasteiger partial charge >= 0.3 is 5.97 Å². The quantitative estimate of drug-likeness (QED) is 0.685. The van der Waals surface area contributed by atoms with Crippen LogP contribution in [0.15, 0.2) is 0 Å². The van der Waals surface area contributed by atoms with Crippen molar-refractivity contribution in [2.75, 3.05) is 19.7 Å². The van der Waals surface area contributed by atoms with Crippen LogP contribution in [-0.2, 0) is 14.3 Å². The zero-order chi connectivity index (χ0) is 12.0. The van der Waals surface area contributed by atoms with Crippen LogP contribution in [0.25, 0.3) is 0 Å². The average molecular weight is 227 g/mol. The lowest BCUT2D eigenvalue weighted by Gasteiger charge is -2.31. The van der Waals surface area contributed by atoms with Gasteiger partial charge in [-0.15, -0.1) is 0 Å². The van der Waals surface area contributed by atoms with Crippen LogP contribution in [0.5, 0.6) is 0 Å². The van der Waals surface area contributed by atoms with Crippen LogP contribution in [0, 0.1) is 5.92 Å². The molecule has 92 valence electrons. The molecule has 4 nitrogen and oxygen atoms in total. The second-order valence-corrected chi connectivity index (χ2v) is 4.18. The fourth-order valence-corrected chi connectivity index (χ4v) is 2.03. The largest absolute Gasteiger partial charge is 0.466 e. The SMILES string of the molecule is CCCC(=O)N1CCC[C@@H](C(=O)OCC)C1. The Morgan fingerprint density at radius 3 is 2.75 bits per heavy atom. The molecule has 0 aromatic carbocycles. The third-order valence-electron chi connectivity index (χ3n) is 2.86. The van der Waals surface area contributed by atoms with E-state index in [0.29, 0.717) is 19.6 Å². The van der Waals surface area contributed by atoms with E-state index in [4.69, 9.17) is 4.74 Å². The van der Waals surface area contributed by atoms with E-state index in [1.807, 2.05) is 6.92 Å². The second kappa shape index (κ2) is 6.51. The Morgan fingerprint density at radius 1 is 1.38 bits per heavy atom. The molecular weight excluding hydrogens is 206 g/mol. The maximum Gasteiger partial charge on any atom is 0.310 e. The number of piperidine rings is 1. The molecule has 0 spiro atoms. The molecule has 1 amide bonds. The van der Waals surface area contributed by atoms with E-state index in [9.17, 15) is 9.59 Å². The number of likely N-dealkylation sites (tertiary alicyclic amines) is 1. The molecule has 1 aliphatic heterocycles. The summed E-state index contributed by atoms with van der Waals surface area (Å²) in [4.78, 5) is 25.1. The van der Waals surface area contributed by atoms with Gasteiger partial charge in [0.1, 0.15) is 0 Å². The van der Waals surface area contributed by atoms with Gasteiger partial charge in [-0.1, -0.05) is 6.92 Å². The second-order valence-electron chi connectivity index (χ2n) is 4.18. The molecule has 1 aliphatic rings. The Bertz CT molecular complexity index is 229. The van der Waals surface area contributed by atoms with Crippen LogP contribution in [0.3, 0.4) is 0 Å². The monoisotopic (exact) mass is 227 g/mol. The number of rotatable bonds is 4. The van der Waals surface area contributed by atoms with Gasteiger partial charge < -0.3 is 9.64 Å². The minimum atomic E-state index is -0.156. The van der Waals surface area contributed by atoms with Gasteiger partial charge in [0.05, 0.1) is 12.5 Å². The van der Waals surface area contributed by atoms with E-state index in [0.717, 1.165) is 25.8 Å². The number of carbonyl (C=O) groups is 2. The summed E-state index contributed by atoms with van der Waals surface area (Å²) >= 11 is 0. The van der Waals surface area contributed by atoms with Crippen LogP contribution in [0.2, 0.25) is 0 Å². The third kappa shape index (κ3) is 3.51. The molecule has 1 rings (SSSR count). The first-order chi connectivity index (χ1) is 7.69. The van der Waals surface area contributed by atoms with E-state index in [2.05, 4.69) is 0 Å². The van der Waals surface area contributed by atoms with Crippen LogP contribution in [-0.4, -0.2) is 36.5 Å². The number of hydrogen-bond donors (Lipinski definition) is 0. The van der Waals surface area contributed by atoms with E-state index >= 15 is 0 Å². The highest BCUT2D eigenvalue weighted by atomic mass is 16.5. The van der Waals surface area contributed by atoms with Gasteiger partial charge in [0.2, 0.25) is 5.91 Å². The number of nitrogens with zero attached hydrogens (tertiary/aromatic N) is 1. The van der Waals surface area contributed by atoms with Crippen LogP contribution in [0.1, 0.15) is 39.5 Å². The maximum atomic E-state index is 11.7. The lowest BCUT2D eigenvalue weighted by Crippen LogP contribution is -2.42. The topological polar surface area (TPSA) is 46.6 Å². The van der Waals surface area contributed by atoms with Crippen molar-refractivity contribution in [1.82, 2.24) is 4.90 Å². The third-order valence-corrected chi connectivity index (χ3v) is 2.86. The Hall–Kier alpha value is -1.06. The summed E-state index contributed by atoms with van der Waals surface area (Å²) in [5, 5.41) is 0. The van der Waals surface area contributed by atoms with Crippen LogP contribution >= 0.6 is 0 Å². The molecule has 0 bridgehead atoms. The van der Waals surface area contributed by atoms with Crippen molar-refractivity contribution in [3.8, 4) is 0 Å². The van der Waals surface area contributed by atoms with Gasteiger partial charge in [-0.3, -0.25) is 9.59 Å². The molecule has 0 aromatic heterocycles. The summed E-state index contributed by atoms with van der Waals surface area (Å²) in [7, 11) is 0. The highest BCUT2D eigenvalue weighted by Gasteiger charge is 2.28. The highest BCUT2D eigenvalue weighted by Crippen LogP contribution is 2.18. The summed E-state index contributed by atoms with van der Waals surface area (Å²) < 4.78 is 4.99. The Kier molecular flexibility index (Phi) is 5.29. The Labute approximate surface area is 96.9 Å². The number of hydrogen-bond acceptors (Lipinski definition) is 3. The standard InChI is InChI=1S/C12H21NO3/c1-3-6-11(14)13-8-5-7-10(9-13)12(15)16-4-2/h10H,3-9H2,1-2H3/t10-/m1/s1. The lowest BCUT2D eigenvalue weighted by molar-refractivity contribution is -0.151. The summed E-state index contributed by atoms with van der Waals surface area (Å²) in [5.74, 6) is -0.109. The smallest absolute Gasteiger partial charge is 0.310 e. The summed E-state index contributed by atoms with van der Waals surface area (Å²) in [6.07, 6.45) is 3.18. The van der Waals surface area contributed by atoms with Crippen LogP contribution in [0.4, 0.5) is 0 Å². The zero-order valence-corrected chi connectivity index (χ0v) is 10.2. The predicted molar refractivity (Wildman–Crippen MR) is 60.8 cm³/mol. The molecule has 16 heavy (non-hydrogen) atoms. The average Bonchev–Trinajstić information content (AvgIpc) is 2.30. The normalized spacial score (nSPS) is 20.6. The van der Waals surface area contributed by atoms with Gasteiger partial charge in [-0.25, -0.2) is 0 Å². The molecule has 1 heterocycles. The van der Waals surface area contributed by atoms with Crippen molar-refractivity contribution < 1.29 is 14.3 Å². The summed E-state index contributed by atoms with van der Waals surface area (Å²) in [6, 6.07) is 0. The first-order valence-corrected chi connectivity index (χ1v) is 6.13. The molecule has 0 radical (unpaired) electrons. The van der Waals surface area contributed by atoms with Crippen molar-refractivity contribution in [1.29, 1.82) is 0 Å². The summed E-state index contributed by atoms with van der Waals surface area (Å²) in [6.45, 7) is 5.54. The molecule has 0 unspecified atom stereocenters. The molecule has 4 heteroatoms. The molecule has 1 atom stereocenters. The molecule has 0 N–H and O–H groups in total. The van der Waals surface area contributed by atoms with Crippen molar-refractivity contribution in [2.45, 2.75) is 39.5 Å². The van der Waals surface area contributed by atoms with E-state index < -0.39 is 0 Å². The molecule has 0 saturated carbocycles. The first kappa shape index (κ1) is 13.0. The number of ether oxygens (including phenoxy) is 1. The molecular formula is C12H21NO3. The highest BCUT2D eigenvalue weighted by molar-refractivity contribution is 5.78. The lowest BCUT2D eigenvalue weighted by atomic mass is 9.98. The van der Waals surface area contributed by atoms with Gasteiger partial charge in [0.15, 0.2) is 0 Å². The van der Waals surface area contributed by atoms with Gasteiger partial charge in [0.25, 0.3) is 0 Å².